The number of nitrogens with one attached hydrogen (secondary N) is 2. The summed E-state index contributed by atoms with van der Waals surface area (Å²) in [6, 6.07) is 3.73. The van der Waals surface area contributed by atoms with E-state index in [-0.39, 0.29) is 23.6 Å². The molecular formula is C12H8Cl2N4O2S2. The van der Waals surface area contributed by atoms with Crippen LogP contribution >= 0.6 is 45.9 Å². The third-order valence-corrected chi connectivity index (χ3v) is 4.99. The van der Waals surface area contributed by atoms with E-state index in [1.54, 1.807) is 0 Å². The van der Waals surface area contributed by atoms with E-state index < -0.39 is 0 Å². The van der Waals surface area contributed by atoms with E-state index in [0.29, 0.717) is 10.3 Å². The first-order valence-corrected chi connectivity index (χ1v) is 8.72. The molecule has 10 heteroatoms. The highest BCUT2D eigenvalue weighted by molar-refractivity contribution is 7.24. The molecule has 0 atom stereocenters. The SMILES string of the molecule is O=C(CCl)Nc1nc2cc3nc(NC(=O)CCl)sc3cc2s1. The van der Waals surface area contributed by atoms with Gasteiger partial charge in [-0.05, 0) is 12.1 Å². The summed E-state index contributed by atoms with van der Waals surface area (Å²) < 4.78 is 1.83. The second-order valence-electron chi connectivity index (χ2n) is 4.19. The number of hydrogen-bond acceptors (Lipinski definition) is 6. The van der Waals surface area contributed by atoms with Crippen LogP contribution in [0.25, 0.3) is 20.4 Å². The van der Waals surface area contributed by atoms with Crippen molar-refractivity contribution in [2.24, 2.45) is 0 Å². The number of thiazole rings is 2. The lowest BCUT2D eigenvalue weighted by Crippen LogP contribution is -2.12. The van der Waals surface area contributed by atoms with E-state index in [9.17, 15) is 9.59 Å². The van der Waals surface area contributed by atoms with Gasteiger partial charge < -0.3 is 10.6 Å². The van der Waals surface area contributed by atoms with Gasteiger partial charge >= 0.3 is 0 Å². The van der Waals surface area contributed by atoms with Crippen LogP contribution in [-0.4, -0.2) is 33.5 Å². The Balaban J connectivity index is 1.94. The normalized spacial score (nSPS) is 11.0. The number of fused-ring (bicyclic) bond motifs is 2. The molecule has 3 rings (SSSR count). The number of benzene rings is 1. The summed E-state index contributed by atoms with van der Waals surface area (Å²) in [6.07, 6.45) is 0. The van der Waals surface area contributed by atoms with Crippen LogP contribution in [-0.2, 0) is 9.59 Å². The Labute approximate surface area is 142 Å². The molecule has 0 aliphatic heterocycles. The van der Waals surface area contributed by atoms with Crippen molar-refractivity contribution >= 4 is 88.4 Å². The van der Waals surface area contributed by atoms with E-state index in [0.717, 1.165) is 20.4 Å². The fourth-order valence-electron chi connectivity index (χ4n) is 1.76. The lowest BCUT2D eigenvalue weighted by molar-refractivity contribution is -0.114. The van der Waals surface area contributed by atoms with Crippen molar-refractivity contribution in [1.82, 2.24) is 9.97 Å². The van der Waals surface area contributed by atoms with Crippen molar-refractivity contribution in [3.05, 3.63) is 12.1 Å². The molecule has 3 aromatic rings. The molecule has 0 spiro atoms. The van der Waals surface area contributed by atoms with Crippen LogP contribution in [0.15, 0.2) is 12.1 Å². The van der Waals surface area contributed by atoms with E-state index >= 15 is 0 Å². The van der Waals surface area contributed by atoms with E-state index in [1.807, 2.05) is 12.1 Å². The van der Waals surface area contributed by atoms with Crippen molar-refractivity contribution < 1.29 is 9.59 Å². The number of carbonyl (C=O) groups is 2. The minimum absolute atomic E-state index is 0.115. The van der Waals surface area contributed by atoms with Gasteiger partial charge in [-0.15, -0.1) is 23.2 Å². The average molecular weight is 375 g/mol. The predicted molar refractivity (Wildman–Crippen MR) is 91.5 cm³/mol. The van der Waals surface area contributed by atoms with Crippen molar-refractivity contribution in [3.63, 3.8) is 0 Å². The zero-order chi connectivity index (χ0) is 15.7. The van der Waals surface area contributed by atoms with Crippen LogP contribution in [0.5, 0.6) is 0 Å². The maximum atomic E-state index is 11.3. The number of anilines is 2. The average Bonchev–Trinajstić information content (AvgIpc) is 3.05. The maximum Gasteiger partial charge on any atom is 0.241 e. The van der Waals surface area contributed by atoms with Crippen LogP contribution in [0.2, 0.25) is 0 Å². The Morgan fingerprint density at radius 1 is 0.909 bits per heavy atom. The quantitative estimate of drug-likeness (QED) is 0.686. The highest BCUT2D eigenvalue weighted by atomic mass is 35.5. The number of alkyl halides is 2. The molecule has 2 N–H and O–H groups in total. The number of aromatic nitrogens is 2. The lowest BCUT2D eigenvalue weighted by atomic mass is 10.3. The standard InChI is InChI=1S/C12H8Cl2N4O2S2/c13-3-9(19)17-11-15-5-1-6-8(2-7(5)21-11)22-12(16-6)18-10(20)4-14/h1-2H,3-4H2,(H,15,17,19)(H,16,18,20). The fourth-order valence-corrected chi connectivity index (χ4v) is 3.78. The van der Waals surface area contributed by atoms with Gasteiger partial charge in [-0.25, -0.2) is 9.97 Å². The van der Waals surface area contributed by atoms with E-state index in [2.05, 4.69) is 20.6 Å². The molecule has 0 saturated heterocycles. The minimum atomic E-state index is -0.299. The monoisotopic (exact) mass is 374 g/mol. The Morgan fingerprint density at radius 2 is 1.36 bits per heavy atom. The zero-order valence-electron chi connectivity index (χ0n) is 10.9. The van der Waals surface area contributed by atoms with Crippen LogP contribution in [0.4, 0.5) is 10.3 Å². The summed E-state index contributed by atoms with van der Waals surface area (Å²) in [6.45, 7) is 0. The molecule has 22 heavy (non-hydrogen) atoms. The van der Waals surface area contributed by atoms with Crippen LogP contribution in [0.1, 0.15) is 0 Å². The van der Waals surface area contributed by atoms with Crippen molar-refractivity contribution in [1.29, 1.82) is 0 Å². The van der Waals surface area contributed by atoms with Gasteiger partial charge in [0.1, 0.15) is 11.8 Å². The highest BCUT2D eigenvalue weighted by Gasteiger charge is 2.12. The van der Waals surface area contributed by atoms with E-state index in [4.69, 9.17) is 23.2 Å². The Bertz CT molecular complexity index is 758. The van der Waals surface area contributed by atoms with Gasteiger partial charge in [-0.2, -0.15) is 0 Å². The summed E-state index contributed by atoms with van der Waals surface area (Å²) >= 11 is 13.6. The minimum Gasteiger partial charge on any atom is -0.301 e. The summed E-state index contributed by atoms with van der Waals surface area (Å²) in [5.74, 6) is -0.828. The van der Waals surface area contributed by atoms with Gasteiger partial charge in [0, 0.05) is 0 Å². The molecule has 2 amide bonds. The number of halogens is 2. The number of carbonyl (C=O) groups excluding carboxylic acids is 2. The first-order valence-electron chi connectivity index (χ1n) is 6.02. The smallest absolute Gasteiger partial charge is 0.241 e. The number of amides is 2. The molecule has 1 aromatic carbocycles. The molecule has 0 saturated carbocycles. The molecule has 0 fully saturated rings. The number of nitrogens with zero attached hydrogens (tertiary/aromatic N) is 2. The molecule has 6 nitrogen and oxygen atoms in total. The Kier molecular flexibility index (Phi) is 4.44. The van der Waals surface area contributed by atoms with Crippen LogP contribution < -0.4 is 10.6 Å². The van der Waals surface area contributed by atoms with Gasteiger partial charge in [0.25, 0.3) is 0 Å². The van der Waals surface area contributed by atoms with Gasteiger partial charge in [0.2, 0.25) is 11.8 Å². The topological polar surface area (TPSA) is 84.0 Å². The molecule has 114 valence electrons. The Morgan fingerprint density at radius 3 is 1.77 bits per heavy atom. The lowest BCUT2D eigenvalue weighted by Gasteiger charge is -1.94. The molecule has 0 aliphatic rings. The molecule has 0 radical (unpaired) electrons. The largest absolute Gasteiger partial charge is 0.301 e. The van der Waals surface area contributed by atoms with Gasteiger partial charge in [0.05, 0.1) is 20.4 Å². The number of hydrogen-bond donors (Lipinski definition) is 2. The summed E-state index contributed by atoms with van der Waals surface area (Å²) in [7, 11) is 0. The summed E-state index contributed by atoms with van der Waals surface area (Å²) in [5.41, 5.74) is 1.45. The first-order chi connectivity index (χ1) is 10.6. The van der Waals surface area contributed by atoms with E-state index in [1.165, 1.54) is 22.7 Å². The van der Waals surface area contributed by atoms with Crippen molar-refractivity contribution in [3.8, 4) is 0 Å². The molecule has 2 aromatic heterocycles. The van der Waals surface area contributed by atoms with Gasteiger partial charge in [0.15, 0.2) is 10.3 Å². The second kappa shape index (κ2) is 6.33. The summed E-state index contributed by atoms with van der Waals surface area (Å²) in [4.78, 5) is 31.2. The van der Waals surface area contributed by atoms with Crippen LogP contribution in [0, 0.1) is 0 Å². The molecule has 0 unspecified atom stereocenters. The fraction of sp³-hybridized carbons (Fsp3) is 0.167. The van der Waals surface area contributed by atoms with Crippen molar-refractivity contribution in [2.45, 2.75) is 0 Å². The first kappa shape index (κ1) is 15.4. The molecule has 0 bridgehead atoms. The third-order valence-electron chi connectivity index (χ3n) is 2.63. The maximum absolute atomic E-state index is 11.3. The summed E-state index contributed by atoms with van der Waals surface area (Å²) in [5, 5.41) is 6.23. The third kappa shape index (κ3) is 3.14. The molecule has 2 heterocycles. The van der Waals surface area contributed by atoms with Crippen molar-refractivity contribution in [2.75, 3.05) is 22.4 Å². The number of rotatable bonds is 4. The molecule has 0 aliphatic carbocycles. The van der Waals surface area contributed by atoms with Gasteiger partial charge in [-0.3, -0.25) is 9.59 Å². The zero-order valence-corrected chi connectivity index (χ0v) is 14.0. The Hall–Kier alpha value is -1.48. The van der Waals surface area contributed by atoms with Crippen LogP contribution in [0.3, 0.4) is 0 Å². The molecular weight excluding hydrogens is 367 g/mol. The predicted octanol–water partition coefficient (Wildman–Crippen LogP) is 3.26. The second-order valence-corrected chi connectivity index (χ2v) is 6.79. The highest BCUT2D eigenvalue weighted by Crippen LogP contribution is 2.33. The van der Waals surface area contributed by atoms with Gasteiger partial charge in [-0.1, -0.05) is 22.7 Å².